The van der Waals surface area contributed by atoms with Crippen molar-refractivity contribution in [3.63, 3.8) is 0 Å². The number of thioether (sulfide) groups is 1. The third kappa shape index (κ3) is 1.97. The maximum atomic E-state index is 11.3. The van der Waals surface area contributed by atoms with Gasteiger partial charge in [0, 0.05) is 4.90 Å². The molecule has 0 unspecified atom stereocenters. The highest BCUT2D eigenvalue weighted by Crippen LogP contribution is 2.20. The minimum atomic E-state index is -0.548. The van der Waals surface area contributed by atoms with Crippen molar-refractivity contribution in [1.29, 1.82) is 0 Å². The van der Waals surface area contributed by atoms with E-state index in [1.807, 2.05) is 30.5 Å². The first-order valence-electron chi connectivity index (χ1n) is 4.46. The number of carbonyl (C=O) groups excluding carboxylic acids is 2. The fourth-order valence-electron chi connectivity index (χ4n) is 1.45. The molecule has 0 bridgehead atoms. The topological polar surface area (TPSA) is 58.2 Å². The van der Waals surface area contributed by atoms with Gasteiger partial charge in [-0.05, 0) is 24.0 Å². The van der Waals surface area contributed by atoms with E-state index < -0.39 is 12.1 Å². The zero-order valence-electron chi connectivity index (χ0n) is 8.11. The normalized spacial score (nSPS) is 19.9. The Morgan fingerprint density at radius 2 is 1.87 bits per heavy atom. The smallest absolute Gasteiger partial charge is 0.322 e. The van der Waals surface area contributed by atoms with Crippen LogP contribution in [0, 0.1) is 0 Å². The molecule has 3 amide bonds. The van der Waals surface area contributed by atoms with Gasteiger partial charge in [0.2, 0.25) is 0 Å². The lowest BCUT2D eigenvalue weighted by atomic mass is 10.1. The van der Waals surface area contributed by atoms with Crippen LogP contribution in [0.15, 0.2) is 29.2 Å². The summed E-state index contributed by atoms with van der Waals surface area (Å²) < 4.78 is 0. The standard InChI is InChI=1S/C10H10N2O2S/c1-15-7-4-2-6(3-5-7)8-9(13)12-10(14)11-8/h2-5,8H,1H3,(H2,11,12,13,14)/t8-/m0/s1. The quantitative estimate of drug-likeness (QED) is 0.585. The second kappa shape index (κ2) is 3.94. The summed E-state index contributed by atoms with van der Waals surface area (Å²) in [4.78, 5) is 23.4. The molecule has 78 valence electrons. The van der Waals surface area contributed by atoms with Crippen molar-refractivity contribution in [1.82, 2.24) is 10.6 Å². The van der Waals surface area contributed by atoms with Crippen LogP contribution in [-0.4, -0.2) is 18.2 Å². The van der Waals surface area contributed by atoms with E-state index in [1.165, 1.54) is 0 Å². The van der Waals surface area contributed by atoms with Gasteiger partial charge in [0.05, 0.1) is 0 Å². The van der Waals surface area contributed by atoms with Crippen molar-refractivity contribution < 1.29 is 9.59 Å². The van der Waals surface area contributed by atoms with E-state index in [0.717, 1.165) is 10.5 Å². The fraction of sp³-hybridized carbons (Fsp3) is 0.200. The molecule has 5 heteroatoms. The van der Waals surface area contributed by atoms with E-state index in [9.17, 15) is 9.59 Å². The molecule has 15 heavy (non-hydrogen) atoms. The fourth-order valence-corrected chi connectivity index (χ4v) is 1.86. The molecule has 0 saturated carbocycles. The van der Waals surface area contributed by atoms with Gasteiger partial charge >= 0.3 is 6.03 Å². The number of imide groups is 1. The molecule has 2 N–H and O–H groups in total. The average molecular weight is 222 g/mol. The highest BCUT2D eigenvalue weighted by molar-refractivity contribution is 7.98. The van der Waals surface area contributed by atoms with Gasteiger partial charge in [-0.3, -0.25) is 10.1 Å². The summed E-state index contributed by atoms with van der Waals surface area (Å²) in [5.74, 6) is -0.295. The molecule has 1 aliphatic rings. The first-order chi connectivity index (χ1) is 7.20. The van der Waals surface area contributed by atoms with Gasteiger partial charge in [-0.25, -0.2) is 4.79 Å². The van der Waals surface area contributed by atoms with Gasteiger partial charge < -0.3 is 5.32 Å². The Morgan fingerprint density at radius 1 is 1.20 bits per heavy atom. The number of hydrogen-bond donors (Lipinski definition) is 2. The summed E-state index contributed by atoms with van der Waals surface area (Å²) in [5.41, 5.74) is 0.802. The van der Waals surface area contributed by atoms with Crippen LogP contribution in [0.4, 0.5) is 4.79 Å². The predicted octanol–water partition coefficient (Wildman–Crippen LogP) is 1.29. The van der Waals surface area contributed by atoms with Crippen LogP contribution in [0.5, 0.6) is 0 Å². The zero-order chi connectivity index (χ0) is 10.8. The number of rotatable bonds is 2. The average Bonchev–Trinajstić information content (AvgIpc) is 2.58. The monoisotopic (exact) mass is 222 g/mol. The van der Waals surface area contributed by atoms with Gasteiger partial charge in [-0.1, -0.05) is 12.1 Å². The van der Waals surface area contributed by atoms with Crippen LogP contribution in [0.25, 0.3) is 0 Å². The summed E-state index contributed by atoms with van der Waals surface area (Å²) in [6.45, 7) is 0. The summed E-state index contributed by atoms with van der Waals surface area (Å²) >= 11 is 1.63. The van der Waals surface area contributed by atoms with Crippen LogP contribution >= 0.6 is 11.8 Å². The van der Waals surface area contributed by atoms with Crippen molar-refractivity contribution in [3.8, 4) is 0 Å². The predicted molar refractivity (Wildman–Crippen MR) is 57.6 cm³/mol. The Balaban J connectivity index is 2.22. The minimum Gasteiger partial charge on any atom is -0.322 e. The summed E-state index contributed by atoms with van der Waals surface area (Å²) in [7, 11) is 0. The number of hydrogen-bond acceptors (Lipinski definition) is 3. The minimum absolute atomic E-state index is 0.295. The Bertz CT molecular complexity index is 402. The SMILES string of the molecule is CSc1ccc([C@@H]2NC(=O)NC2=O)cc1. The Kier molecular flexibility index (Phi) is 2.64. The maximum Gasteiger partial charge on any atom is 0.322 e. The molecule has 1 heterocycles. The largest absolute Gasteiger partial charge is 0.322 e. The van der Waals surface area contributed by atoms with Gasteiger partial charge in [0.25, 0.3) is 5.91 Å². The van der Waals surface area contributed by atoms with Gasteiger partial charge in [0.1, 0.15) is 6.04 Å². The van der Waals surface area contributed by atoms with Crippen LogP contribution < -0.4 is 10.6 Å². The summed E-state index contributed by atoms with van der Waals surface area (Å²) in [6, 6.07) is 6.58. The summed E-state index contributed by atoms with van der Waals surface area (Å²) in [5, 5.41) is 4.75. The molecule has 2 rings (SSSR count). The van der Waals surface area contributed by atoms with E-state index >= 15 is 0 Å². The summed E-state index contributed by atoms with van der Waals surface area (Å²) in [6.07, 6.45) is 1.99. The van der Waals surface area contributed by atoms with Gasteiger partial charge in [-0.2, -0.15) is 0 Å². The lowest BCUT2D eigenvalue weighted by molar-refractivity contribution is -0.120. The molecular weight excluding hydrogens is 212 g/mol. The molecule has 0 aliphatic carbocycles. The lowest BCUT2D eigenvalue weighted by Gasteiger charge is -2.07. The van der Waals surface area contributed by atoms with Crippen molar-refractivity contribution in [2.45, 2.75) is 10.9 Å². The van der Waals surface area contributed by atoms with Crippen LogP contribution in [0.3, 0.4) is 0 Å². The Hall–Kier alpha value is -1.49. The molecule has 1 aliphatic heterocycles. The highest BCUT2D eigenvalue weighted by atomic mass is 32.2. The number of urea groups is 1. The van der Waals surface area contributed by atoms with Crippen molar-refractivity contribution in [2.75, 3.05) is 6.26 Å². The second-order valence-corrected chi connectivity index (χ2v) is 4.05. The van der Waals surface area contributed by atoms with E-state index in [-0.39, 0.29) is 5.91 Å². The third-order valence-electron chi connectivity index (χ3n) is 2.22. The van der Waals surface area contributed by atoms with E-state index in [4.69, 9.17) is 0 Å². The molecular formula is C10H10N2O2S. The molecule has 1 aromatic rings. The molecule has 0 radical (unpaired) electrons. The first-order valence-corrected chi connectivity index (χ1v) is 5.68. The molecule has 4 nitrogen and oxygen atoms in total. The van der Waals surface area contributed by atoms with E-state index in [0.29, 0.717) is 0 Å². The number of amides is 3. The number of benzene rings is 1. The zero-order valence-corrected chi connectivity index (χ0v) is 8.93. The lowest BCUT2D eigenvalue weighted by Crippen LogP contribution is -2.22. The van der Waals surface area contributed by atoms with Crippen LogP contribution in [0.2, 0.25) is 0 Å². The van der Waals surface area contributed by atoms with E-state index in [1.54, 1.807) is 11.8 Å². The number of nitrogens with one attached hydrogen (secondary N) is 2. The number of carbonyl (C=O) groups is 2. The van der Waals surface area contributed by atoms with Crippen LogP contribution in [0.1, 0.15) is 11.6 Å². The van der Waals surface area contributed by atoms with Crippen LogP contribution in [-0.2, 0) is 4.79 Å². The molecule has 1 atom stereocenters. The van der Waals surface area contributed by atoms with Crippen molar-refractivity contribution >= 4 is 23.7 Å². The highest BCUT2D eigenvalue weighted by Gasteiger charge is 2.30. The molecule has 1 aromatic carbocycles. The second-order valence-electron chi connectivity index (χ2n) is 3.17. The Labute approximate surface area is 91.4 Å². The van der Waals surface area contributed by atoms with Crippen molar-refractivity contribution in [2.24, 2.45) is 0 Å². The molecule has 1 fully saturated rings. The first kappa shape index (κ1) is 10.0. The van der Waals surface area contributed by atoms with E-state index in [2.05, 4.69) is 10.6 Å². The van der Waals surface area contributed by atoms with Gasteiger partial charge in [-0.15, -0.1) is 11.8 Å². The molecule has 0 aromatic heterocycles. The van der Waals surface area contributed by atoms with Gasteiger partial charge in [0.15, 0.2) is 0 Å². The Morgan fingerprint density at radius 3 is 2.33 bits per heavy atom. The maximum absolute atomic E-state index is 11.3. The molecule has 0 spiro atoms. The van der Waals surface area contributed by atoms with Crippen molar-refractivity contribution in [3.05, 3.63) is 29.8 Å². The molecule has 1 saturated heterocycles. The third-order valence-corrected chi connectivity index (χ3v) is 2.97.